The van der Waals surface area contributed by atoms with Gasteiger partial charge < -0.3 is 9.80 Å². The van der Waals surface area contributed by atoms with Gasteiger partial charge in [0.25, 0.3) is 5.91 Å². The predicted octanol–water partition coefficient (Wildman–Crippen LogP) is 1.74. The lowest BCUT2D eigenvalue weighted by Crippen LogP contribution is -2.29. The van der Waals surface area contributed by atoms with Crippen molar-refractivity contribution in [2.24, 2.45) is 0 Å². The summed E-state index contributed by atoms with van der Waals surface area (Å²) < 4.78 is 27.5. The number of carbonyl (C=O) groups excluding carboxylic acids is 1. The van der Waals surface area contributed by atoms with Crippen molar-refractivity contribution in [2.75, 3.05) is 37.5 Å². The third-order valence-corrected chi connectivity index (χ3v) is 6.65. The maximum atomic E-state index is 13.0. The zero-order valence-corrected chi connectivity index (χ0v) is 17.8. The van der Waals surface area contributed by atoms with Crippen molar-refractivity contribution in [3.05, 3.63) is 48.5 Å². The Morgan fingerprint density at radius 3 is 2.60 bits per heavy atom. The lowest BCUT2D eigenvalue weighted by molar-refractivity contribution is 0.0994. The highest BCUT2D eigenvalue weighted by Gasteiger charge is 2.31. The predicted molar refractivity (Wildman–Crippen MR) is 113 cm³/mol. The molecular weight excluding hydrogens is 406 g/mol. The van der Waals surface area contributed by atoms with Gasteiger partial charge in [0.05, 0.1) is 23.1 Å². The van der Waals surface area contributed by atoms with Gasteiger partial charge in [0.2, 0.25) is 0 Å². The first-order valence-corrected chi connectivity index (χ1v) is 10.6. The molecule has 0 spiro atoms. The number of amides is 1. The fourth-order valence-electron chi connectivity index (χ4n) is 3.34. The van der Waals surface area contributed by atoms with Crippen LogP contribution in [0.4, 0.5) is 17.3 Å². The average molecular weight is 427 g/mol. The van der Waals surface area contributed by atoms with E-state index in [2.05, 4.69) is 9.97 Å². The molecule has 4 heterocycles. The van der Waals surface area contributed by atoms with Crippen LogP contribution >= 0.6 is 0 Å². The molecule has 0 bridgehead atoms. The number of rotatable bonds is 4. The molecule has 156 valence electrons. The SMILES string of the molecule is CCN1c2ncccc2C(=O)N(C)c2ccc(-c3cncn3S(=O)(=O)N(C)C)nc21. The largest absolute Gasteiger partial charge is 0.309 e. The summed E-state index contributed by atoms with van der Waals surface area (Å²) in [6.45, 7) is 2.46. The molecule has 10 nitrogen and oxygen atoms in total. The van der Waals surface area contributed by atoms with Crippen LogP contribution in [0.2, 0.25) is 0 Å². The summed E-state index contributed by atoms with van der Waals surface area (Å²) in [7, 11) is 0.809. The number of fused-ring (bicyclic) bond motifs is 2. The molecule has 0 fully saturated rings. The van der Waals surface area contributed by atoms with Crippen LogP contribution in [-0.4, -0.2) is 65.2 Å². The summed E-state index contributed by atoms with van der Waals surface area (Å²) >= 11 is 0. The number of pyridine rings is 2. The third kappa shape index (κ3) is 2.94. The fourth-order valence-corrected chi connectivity index (χ4v) is 4.25. The first-order valence-electron chi connectivity index (χ1n) is 9.24. The van der Waals surface area contributed by atoms with Crippen LogP contribution in [0.25, 0.3) is 11.4 Å². The van der Waals surface area contributed by atoms with Gasteiger partial charge >= 0.3 is 10.2 Å². The second-order valence-corrected chi connectivity index (χ2v) is 8.91. The van der Waals surface area contributed by atoms with Gasteiger partial charge in [-0.15, -0.1) is 0 Å². The molecule has 0 N–H and O–H groups in total. The van der Waals surface area contributed by atoms with E-state index in [9.17, 15) is 13.2 Å². The molecule has 1 amide bonds. The van der Waals surface area contributed by atoms with Crippen LogP contribution in [-0.2, 0) is 10.2 Å². The molecule has 1 aliphatic rings. The summed E-state index contributed by atoms with van der Waals surface area (Å²) in [4.78, 5) is 29.5. The van der Waals surface area contributed by atoms with Crippen molar-refractivity contribution in [2.45, 2.75) is 6.92 Å². The lowest BCUT2D eigenvalue weighted by atomic mass is 10.2. The maximum absolute atomic E-state index is 13.0. The number of imidazole rings is 1. The van der Waals surface area contributed by atoms with Crippen LogP contribution < -0.4 is 9.80 Å². The Morgan fingerprint density at radius 1 is 1.13 bits per heavy atom. The zero-order valence-electron chi connectivity index (χ0n) is 17.0. The normalized spacial score (nSPS) is 14.0. The molecule has 0 radical (unpaired) electrons. The monoisotopic (exact) mass is 427 g/mol. The summed E-state index contributed by atoms with van der Waals surface area (Å²) in [5.41, 5.74) is 1.81. The van der Waals surface area contributed by atoms with Gasteiger partial charge in [-0.2, -0.15) is 12.7 Å². The van der Waals surface area contributed by atoms with Crippen molar-refractivity contribution in [3.8, 4) is 11.4 Å². The van der Waals surface area contributed by atoms with Crippen LogP contribution in [0.1, 0.15) is 17.3 Å². The van der Waals surface area contributed by atoms with Gasteiger partial charge in [0, 0.05) is 33.9 Å². The van der Waals surface area contributed by atoms with Crippen LogP contribution in [0.5, 0.6) is 0 Å². The molecule has 1 aliphatic heterocycles. The Hall–Kier alpha value is -3.31. The van der Waals surface area contributed by atoms with Crippen molar-refractivity contribution >= 4 is 33.4 Å². The third-order valence-electron chi connectivity index (χ3n) is 4.94. The van der Waals surface area contributed by atoms with Gasteiger partial charge in [-0.3, -0.25) is 4.79 Å². The average Bonchev–Trinajstić information content (AvgIpc) is 3.21. The van der Waals surface area contributed by atoms with Crippen LogP contribution in [0, 0.1) is 0 Å². The minimum Gasteiger partial charge on any atom is -0.309 e. The Labute approximate surface area is 174 Å². The number of anilines is 3. The topological polar surface area (TPSA) is 105 Å². The standard InChI is InChI=1S/C19H21N7O3S/c1-5-25-17-13(7-6-10-21-17)19(27)24(4)15-9-8-14(22-18(15)25)16-11-20-12-26(16)30(28,29)23(2)3/h6-12H,5H2,1-4H3. The smallest absolute Gasteiger partial charge is 0.308 e. The molecule has 0 saturated carbocycles. The quantitative estimate of drug-likeness (QED) is 0.625. The fraction of sp³-hybridized carbons (Fsp3) is 0.263. The molecule has 0 aromatic carbocycles. The van der Waals surface area contributed by atoms with Crippen LogP contribution in [0.15, 0.2) is 43.0 Å². The van der Waals surface area contributed by atoms with Gasteiger partial charge in [-0.1, -0.05) is 0 Å². The van der Waals surface area contributed by atoms with E-state index in [1.807, 2.05) is 11.8 Å². The number of hydrogen-bond acceptors (Lipinski definition) is 7. The summed E-state index contributed by atoms with van der Waals surface area (Å²) in [6, 6.07) is 6.88. The number of aromatic nitrogens is 4. The Bertz CT molecular complexity index is 1240. The molecule has 4 rings (SSSR count). The molecule has 0 unspecified atom stereocenters. The van der Waals surface area contributed by atoms with E-state index in [4.69, 9.17) is 4.98 Å². The van der Waals surface area contributed by atoms with Gasteiger partial charge in [-0.05, 0) is 31.2 Å². The maximum Gasteiger partial charge on any atom is 0.308 e. The summed E-state index contributed by atoms with van der Waals surface area (Å²) in [5, 5.41) is 0. The van der Waals surface area contributed by atoms with Crippen LogP contribution in [0.3, 0.4) is 0 Å². The molecule has 0 aliphatic carbocycles. The molecule has 3 aromatic heterocycles. The minimum atomic E-state index is -3.77. The van der Waals surface area contributed by atoms with E-state index in [-0.39, 0.29) is 5.91 Å². The van der Waals surface area contributed by atoms with Crippen molar-refractivity contribution in [1.82, 2.24) is 23.2 Å². The lowest BCUT2D eigenvalue weighted by Gasteiger charge is -2.23. The van der Waals surface area contributed by atoms with E-state index in [1.165, 1.54) is 31.5 Å². The van der Waals surface area contributed by atoms with E-state index >= 15 is 0 Å². The van der Waals surface area contributed by atoms with Crippen molar-refractivity contribution < 1.29 is 13.2 Å². The second-order valence-electron chi connectivity index (χ2n) is 6.89. The highest BCUT2D eigenvalue weighted by molar-refractivity contribution is 7.87. The highest BCUT2D eigenvalue weighted by atomic mass is 32.2. The summed E-state index contributed by atoms with van der Waals surface area (Å²) in [5.74, 6) is 0.832. The van der Waals surface area contributed by atoms with Gasteiger partial charge in [-0.25, -0.2) is 18.9 Å². The van der Waals surface area contributed by atoms with Gasteiger partial charge in [0.15, 0.2) is 5.82 Å². The minimum absolute atomic E-state index is 0.190. The first-order chi connectivity index (χ1) is 14.3. The van der Waals surface area contributed by atoms with Crippen molar-refractivity contribution in [1.29, 1.82) is 0 Å². The highest BCUT2D eigenvalue weighted by Crippen LogP contribution is 2.39. The molecule has 3 aromatic rings. The summed E-state index contributed by atoms with van der Waals surface area (Å²) in [6.07, 6.45) is 4.31. The molecular formula is C19H21N7O3S. The molecule has 11 heteroatoms. The van der Waals surface area contributed by atoms with Gasteiger partial charge in [0.1, 0.15) is 17.8 Å². The molecule has 30 heavy (non-hydrogen) atoms. The Morgan fingerprint density at radius 2 is 1.90 bits per heavy atom. The van der Waals surface area contributed by atoms with E-state index < -0.39 is 10.2 Å². The number of nitrogens with zero attached hydrogens (tertiary/aromatic N) is 7. The second kappa shape index (κ2) is 7.18. The van der Waals surface area contributed by atoms with E-state index in [0.29, 0.717) is 40.8 Å². The molecule has 0 atom stereocenters. The number of hydrogen-bond donors (Lipinski definition) is 0. The Balaban J connectivity index is 1.93. The first kappa shape index (κ1) is 20.0. The van der Waals surface area contributed by atoms with E-state index in [0.717, 1.165) is 8.28 Å². The number of carbonyl (C=O) groups is 1. The zero-order chi connectivity index (χ0) is 21.6. The van der Waals surface area contributed by atoms with E-state index in [1.54, 1.807) is 37.5 Å². The molecule has 0 saturated heterocycles. The van der Waals surface area contributed by atoms with Crippen molar-refractivity contribution in [3.63, 3.8) is 0 Å². The Kier molecular flexibility index (Phi) is 4.79.